The molecule has 112 valence electrons. The van der Waals surface area contributed by atoms with E-state index in [-0.39, 0.29) is 5.75 Å². The molecule has 0 fully saturated rings. The fraction of sp³-hybridized carbons (Fsp3) is 0. The molecule has 0 atom stereocenters. The highest BCUT2D eigenvalue weighted by atomic mass is 16.4. The molecule has 0 aliphatic rings. The number of carbonyl (C=O) groups is 1. The maximum absolute atomic E-state index is 11.7. The number of benzene rings is 3. The van der Waals surface area contributed by atoms with Gasteiger partial charge in [-0.25, -0.2) is 4.98 Å². The Morgan fingerprint density at radius 1 is 0.957 bits per heavy atom. The molecule has 0 saturated carbocycles. The first-order valence-electron chi connectivity index (χ1n) is 7.13. The van der Waals surface area contributed by atoms with E-state index in [2.05, 4.69) is 4.98 Å². The molecule has 1 heterocycles. The number of nitrogens with zero attached hydrogens (tertiary/aromatic N) is 1. The van der Waals surface area contributed by atoms with Crippen molar-refractivity contribution >= 4 is 27.9 Å². The van der Waals surface area contributed by atoms with Gasteiger partial charge in [0.25, 0.3) is 5.82 Å². The number of carboxylic acid groups (broad SMARTS) is 1. The molecule has 1 aromatic heterocycles. The van der Waals surface area contributed by atoms with Crippen LogP contribution in [0, 0.1) is 0 Å². The van der Waals surface area contributed by atoms with Gasteiger partial charge in [-0.3, -0.25) is 0 Å². The van der Waals surface area contributed by atoms with Crippen molar-refractivity contribution in [3.63, 3.8) is 0 Å². The van der Waals surface area contributed by atoms with Gasteiger partial charge < -0.3 is 10.2 Å². The number of hydrogen-bond acceptors (Lipinski definition) is 2. The molecule has 0 aliphatic carbocycles. The van der Waals surface area contributed by atoms with Gasteiger partial charge in [-0.1, -0.05) is 24.3 Å². The molecule has 0 saturated heterocycles. The van der Waals surface area contributed by atoms with E-state index < -0.39 is 6.09 Å². The van der Waals surface area contributed by atoms with Crippen molar-refractivity contribution in [1.29, 1.82) is 0 Å². The van der Waals surface area contributed by atoms with E-state index in [1.54, 1.807) is 18.2 Å². The quantitative estimate of drug-likeness (QED) is 0.565. The summed E-state index contributed by atoms with van der Waals surface area (Å²) in [6.07, 6.45) is -1.04. The third-order valence-electron chi connectivity index (χ3n) is 3.91. The molecular weight excluding hydrogens is 292 g/mol. The van der Waals surface area contributed by atoms with Crippen LogP contribution in [0.2, 0.25) is 0 Å². The first-order valence-corrected chi connectivity index (χ1v) is 7.13. The van der Waals surface area contributed by atoms with E-state index in [1.165, 1.54) is 4.57 Å². The number of aromatic hydroxyl groups is 1. The van der Waals surface area contributed by atoms with Gasteiger partial charge in [-0.15, -0.1) is 4.57 Å². The predicted octanol–water partition coefficient (Wildman–Crippen LogP) is 3.51. The molecule has 3 aromatic carbocycles. The van der Waals surface area contributed by atoms with Crippen LogP contribution in [-0.4, -0.2) is 20.9 Å². The average molecular weight is 305 g/mol. The third-order valence-corrected chi connectivity index (χ3v) is 3.91. The van der Waals surface area contributed by atoms with Crippen molar-refractivity contribution in [1.82, 2.24) is 4.57 Å². The molecule has 0 radical (unpaired) electrons. The summed E-state index contributed by atoms with van der Waals surface area (Å²) in [5.41, 5.74) is 2.14. The lowest BCUT2D eigenvalue weighted by molar-refractivity contribution is -0.331. The molecule has 0 bridgehead atoms. The van der Waals surface area contributed by atoms with E-state index >= 15 is 0 Å². The van der Waals surface area contributed by atoms with Crippen LogP contribution in [0.15, 0.2) is 60.7 Å². The van der Waals surface area contributed by atoms with E-state index in [4.69, 9.17) is 0 Å². The number of hydrogen-bond donors (Lipinski definition) is 2. The Kier molecular flexibility index (Phi) is 2.81. The summed E-state index contributed by atoms with van der Waals surface area (Å²) in [5, 5.41) is 20.9. The van der Waals surface area contributed by atoms with Gasteiger partial charge in [0.05, 0.1) is 5.56 Å². The number of phenols is 1. The van der Waals surface area contributed by atoms with Crippen LogP contribution in [0.4, 0.5) is 4.79 Å². The smallest absolute Gasteiger partial charge is 0.508 e. The summed E-state index contributed by atoms with van der Waals surface area (Å²) in [6, 6.07) is 18.0. The Morgan fingerprint density at radius 3 is 2.52 bits per heavy atom. The summed E-state index contributed by atoms with van der Waals surface area (Å²) in [6.45, 7) is 0. The number of para-hydroxylation sites is 2. The maximum atomic E-state index is 11.7. The zero-order valence-corrected chi connectivity index (χ0v) is 12.0. The highest BCUT2D eigenvalue weighted by Crippen LogP contribution is 2.27. The molecule has 4 rings (SSSR count). The fourth-order valence-corrected chi connectivity index (χ4v) is 2.86. The Morgan fingerprint density at radius 2 is 1.70 bits per heavy atom. The Bertz CT molecular complexity index is 1070. The van der Waals surface area contributed by atoms with Crippen LogP contribution in [0.1, 0.15) is 0 Å². The zero-order valence-electron chi connectivity index (χ0n) is 12.0. The lowest BCUT2D eigenvalue weighted by Crippen LogP contribution is -2.13. The molecular formula is C18H13N2O3+. The van der Waals surface area contributed by atoms with Crippen molar-refractivity contribution in [2.24, 2.45) is 0 Å². The van der Waals surface area contributed by atoms with Crippen LogP contribution in [0.25, 0.3) is 33.2 Å². The van der Waals surface area contributed by atoms with Crippen LogP contribution in [-0.2, 0) is 0 Å². The van der Waals surface area contributed by atoms with Crippen molar-refractivity contribution in [2.75, 3.05) is 0 Å². The Balaban J connectivity index is 2.00. The topological polar surface area (TPSA) is 76.6 Å². The van der Waals surface area contributed by atoms with E-state index in [1.807, 2.05) is 42.5 Å². The summed E-state index contributed by atoms with van der Waals surface area (Å²) >= 11 is 0. The predicted molar refractivity (Wildman–Crippen MR) is 86.5 cm³/mol. The van der Waals surface area contributed by atoms with Crippen LogP contribution in [0.3, 0.4) is 0 Å². The second-order valence-corrected chi connectivity index (χ2v) is 5.35. The van der Waals surface area contributed by atoms with Gasteiger partial charge in [0.2, 0.25) is 0 Å². The number of aromatic nitrogens is 2. The molecule has 0 spiro atoms. The molecule has 5 nitrogen and oxygen atoms in total. The normalized spacial score (nSPS) is 11.1. The molecule has 0 amide bonds. The molecule has 23 heavy (non-hydrogen) atoms. The SMILES string of the molecule is O=C(O)n1c(-c2ccc3cc(O)ccc3c2)[nH+]c2ccccc21. The van der Waals surface area contributed by atoms with Crippen LogP contribution < -0.4 is 4.98 Å². The highest BCUT2D eigenvalue weighted by molar-refractivity contribution is 5.91. The minimum absolute atomic E-state index is 0.205. The van der Waals surface area contributed by atoms with Crippen molar-refractivity contribution in [2.45, 2.75) is 0 Å². The standard InChI is InChI=1S/C18H12N2O3/c21-14-8-7-11-9-13(6-5-12(11)10-14)17-19-15-3-1-2-4-16(15)20(17)18(22)23/h1-10,21H,(H,22,23)/p+1. The Labute approximate surface area is 131 Å². The first kappa shape index (κ1) is 13.3. The van der Waals surface area contributed by atoms with Gasteiger partial charge in [-0.05, 0) is 47.2 Å². The van der Waals surface area contributed by atoms with Gasteiger partial charge in [0.1, 0.15) is 5.75 Å². The lowest BCUT2D eigenvalue weighted by atomic mass is 10.1. The summed E-state index contributed by atoms with van der Waals surface area (Å²) in [4.78, 5) is 14.9. The highest BCUT2D eigenvalue weighted by Gasteiger charge is 2.25. The summed E-state index contributed by atoms with van der Waals surface area (Å²) < 4.78 is 1.25. The Hall–Kier alpha value is -3.34. The number of imidazole rings is 1. The number of fused-ring (bicyclic) bond motifs is 2. The number of rotatable bonds is 1. The maximum Gasteiger partial charge on any atom is 0.510 e. The van der Waals surface area contributed by atoms with Crippen molar-refractivity contribution in [3.8, 4) is 17.1 Å². The van der Waals surface area contributed by atoms with E-state index in [0.717, 1.165) is 21.9 Å². The first-order chi connectivity index (χ1) is 11.1. The average Bonchev–Trinajstić information content (AvgIpc) is 2.94. The van der Waals surface area contributed by atoms with E-state index in [9.17, 15) is 15.0 Å². The zero-order chi connectivity index (χ0) is 16.0. The van der Waals surface area contributed by atoms with Gasteiger partial charge in [0.15, 0.2) is 11.0 Å². The monoisotopic (exact) mass is 305 g/mol. The minimum atomic E-state index is -1.04. The molecule has 5 heteroatoms. The van der Waals surface area contributed by atoms with Gasteiger partial charge in [0, 0.05) is 0 Å². The number of phenolic OH excluding ortho intramolecular Hbond substituents is 1. The molecule has 0 aliphatic heterocycles. The minimum Gasteiger partial charge on any atom is -0.508 e. The number of aromatic amines is 1. The van der Waals surface area contributed by atoms with Crippen molar-refractivity contribution in [3.05, 3.63) is 60.7 Å². The van der Waals surface area contributed by atoms with Gasteiger partial charge >= 0.3 is 6.09 Å². The van der Waals surface area contributed by atoms with Crippen LogP contribution in [0.5, 0.6) is 5.75 Å². The molecule has 3 N–H and O–H groups in total. The van der Waals surface area contributed by atoms with Crippen LogP contribution >= 0.6 is 0 Å². The van der Waals surface area contributed by atoms with E-state index in [0.29, 0.717) is 11.3 Å². The summed E-state index contributed by atoms with van der Waals surface area (Å²) in [7, 11) is 0. The lowest BCUT2D eigenvalue weighted by Gasteiger charge is -2.01. The molecule has 0 unspecified atom stereocenters. The largest absolute Gasteiger partial charge is 0.510 e. The summed E-state index contributed by atoms with van der Waals surface area (Å²) in [5.74, 6) is 0.713. The van der Waals surface area contributed by atoms with Crippen molar-refractivity contribution < 1.29 is 20.0 Å². The number of nitrogens with one attached hydrogen (secondary N) is 1. The van der Waals surface area contributed by atoms with Gasteiger partial charge in [-0.2, -0.15) is 4.79 Å². The fourth-order valence-electron chi connectivity index (χ4n) is 2.86. The second-order valence-electron chi connectivity index (χ2n) is 5.35. The number of H-pyrrole nitrogens is 1. The molecule has 4 aromatic rings. The second kappa shape index (κ2) is 4.84. The third kappa shape index (κ3) is 2.10.